The van der Waals surface area contributed by atoms with Crippen molar-refractivity contribution in [1.82, 2.24) is 4.90 Å². The van der Waals surface area contributed by atoms with Gasteiger partial charge in [0.2, 0.25) is 5.91 Å². The molecule has 2 N–H and O–H groups in total. The lowest BCUT2D eigenvalue weighted by Crippen LogP contribution is -2.35. The van der Waals surface area contributed by atoms with Crippen molar-refractivity contribution in [1.29, 1.82) is 0 Å². The Bertz CT molecular complexity index is 261. The second kappa shape index (κ2) is 5.85. The average molecular weight is 238 g/mol. The molecule has 0 bridgehead atoms. The standard InChI is InChI=1S/C14H26N2O/c1-11-7-13(9-15)10-16(11)14(17)8-12-5-3-2-4-6-12/h11-13H,2-10,15H2,1H3. The van der Waals surface area contributed by atoms with Crippen molar-refractivity contribution in [3.8, 4) is 0 Å². The van der Waals surface area contributed by atoms with Crippen LogP contribution in [0.5, 0.6) is 0 Å². The zero-order chi connectivity index (χ0) is 12.3. The van der Waals surface area contributed by atoms with Crippen LogP contribution in [0, 0.1) is 11.8 Å². The van der Waals surface area contributed by atoms with E-state index >= 15 is 0 Å². The summed E-state index contributed by atoms with van der Waals surface area (Å²) in [5.74, 6) is 1.56. The second-order valence-corrected chi connectivity index (χ2v) is 5.94. The number of nitrogens with zero attached hydrogens (tertiary/aromatic N) is 1. The molecule has 1 saturated heterocycles. The number of nitrogens with two attached hydrogens (primary N) is 1. The van der Waals surface area contributed by atoms with Crippen LogP contribution in [-0.4, -0.2) is 29.9 Å². The van der Waals surface area contributed by atoms with Gasteiger partial charge in [-0.3, -0.25) is 4.79 Å². The molecule has 2 rings (SSSR count). The minimum absolute atomic E-state index is 0.375. The van der Waals surface area contributed by atoms with E-state index in [1.165, 1.54) is 32.1 Å². The van der Waals surface area contributed by atoms with Crippen LogP contribution in [-0.2, 0) is 4.79 Å². The molecule has 2 unspecified atom stereocenters. The van der Waals surface area contributed by atoms with Crippen molar-refractivity contribution in [2.45, 2.75) is 57.9 Å². The van der Waals surface area contributed by atoms with Gasteiger partial charge < -0.3 is 10.6 Å². The molecule has 17 heavy (non-hydrogen) atoms. The lowest BCUT2D eigenvalue weighted by Gasteiger charge is -2.26. The van der Waals surface area contributed by atoms with Crippen molar-refractivity contribution < 1.29 is 4.79 Å². The Morgan fingerprint density at radius 1 is 1.24 bits per heavy atom. The molecule has 1 aliphatic heterocycles. The van der Waals surface area contributed by atoms with Gasteiger partial charge in [0.1, 0.15) is 0 Å². The molecule has 0 spiro atoms. The quantitative estimate of drug-likeness (QED) is 0.819. The summed E-state index contributed by atoms with van der Waals surface area (Å²) in [6.07, 6.45) is 8.38. The van der Waals surface area contributed by atoms with E-state index in [0.29, 0.717) is 23.8 Å². The molecule has 1 amide bonds. The summed E-state index contributed by atoms with van der Waals surface area (Å²) >= 11 is 0. The van der Waals surface area contributed by atoms with Gasteiger partial charge in [0.15, 0.2) is 0 Å². The zero-order valence-electron chi connectivity index (χ0n) is 11.0. The maximum absolute atomic E-state index is 12.3. The predicted octanol–water partition coefficient (Wildman–Crippen LogP) is 2.15. The van der Waals surface area contributed by atoms with E-state index in [2.05, 4.69) is 11.8 Å². The maximum atomic E-state index is 12.3. The van der Waals surface area contributed by atoms with E-state index in [-0.39, 0.29) is 0 Å². The van der Waals surface area contributed by atoms with Gasteiger partial charge >= 0.3 is 0 Å². The molecule has 0 radical (unpaired) electrons. The smallest absolute Gasteiger partial charge is 0.223 e. The van der Waals surface area contributed by atoms with Gasteiger partial charge in [-0.15, -0.1) is 0 Å². The van der Waals surface area contributed by atoms with Crippen LogP contribution in [0.3, 0.4) is 0 Å². The molecule has 2 aliphatic rings. The number of carbonyl (C=O) groups excluding carboxylic acids is 1. The summed E-state index contributed by atoms with van der Waals surface area (Å²) in [4.78, 5) is 14.3. The first kappa shape index (κ1) is 12.9. The van der Waals surface area contributed by atoms with Gasteiger partial charge in [0.05, 0.1) is 0 Å². The van der Waals surface area contributed by atoms with Crippen molar-refractivity contribution in [2.24, 2.45) is 17.6 Å². The number of likely N-dealkylation sites (tertiary alicyclic amines) is 1. The first-order valence-corrected chi connectivity index (χ1v) is 7.20. The molecule has 0 aromatic carbocycles. The van der Waals surface area contributed by atoms with Gasteiger partial charge in [0.25, 0.3) is 0 Å². The van der Waals surface area contributed by atoms with Crippen molar-refractivity contribution in [3.05, 3.63) is 0 Å². The highest BCUT2D eigenvalue weighted by Crippen LogP contribution is 2.29. The Labute approximate surface area is 105 Å². The normalized spacial score (nSPS) is 30.8. The fourth-order valence-corrected chi connectivity index (χ4v) is 3.42. The van der Waals surface area contributed by atoms with Crippen LogP contribution in [0.25, 0.3) is 0 Å². The summed E-state index contributed by atoms with van der Waals surface area (Å²) in [6, 6.07) is 0.402. The first-order chi connectivity index (χ1) is 8.20. The SMILES string of the molecule is CC1CC(CN)CN1C(=O)CC1CCCCC1. The number of hydrogen-bond donors (Lipinski definition) is 1. The number of amides is 1. The summed E-state index contributed by atoms with van der Waals surface area (Å²) in [5, 5.41) is 0. The fourth-order valence-electron chi connectivity index (χ4n) is 3.42. The minimum Gasteiger partial charge on any atom is -0.340 e. The summed E-state index contributed by atoms with van der Waals surface area (Å²) in [6.45, 7) is 3.77. The third-order valence-corrected chi connectivity index (χ3v) is 4.50. The van der Waals surface area contributed by atoms with E-state index in [9.17, 15) is 4.79 Å². The topological polar surface area (TPSA) is 46.3 Å². The molecule has 1 saturated carbocycles. The van der Waals surface area contributed by atoms with Gasteiger partial charge in [-0.05, 0) is 44.6 Å². The fraction of sp³-hybridized carbons (Fsp3) is 0.929. The molecule has 2 fully saturated rings. The second-order valence-electron chi connectivity index (χ2n) is 5.94. The summed E-state index contributed by atoms with van der Waals surface area (Å²) < 4.78 is 0. The summed E-state index contributed by atoms with van der Waals surface area (Å²) in [5.41, 5.74) is 5.70. The van der Waals surface area contributed by atoms with Gasteiger partial charge in [-0.1, -0.05) is 19.3 Å². The minimum atomic E-state index is 0.375. The van der Waals surface area contributed by atoms with Crippen LogP contribution in [0.15, 0.2) is 0 Å². The van der Waals surface area contributed by atoms with Crippen LogP contribution in [0.2, 0.25) is 0 Å². The van der Waals surface area contributed by atoms with Gasteiger partial charge in [-0.2, -0.15) is 0 Å². The largest absolute Gasteiger partial charge is 0.340 e. The van der Waals surface area contributed by atoms with E-state index in [1.54, 1.807) is 0 Å². The lowest BCUT2D eigenvalue weighted by atomic mass is 9.86. The Kier molecular flexibility index (Phi) is 4.43. The van der Waals surface area contributed by atoms with Gasteiger partial charge in [-0.25, -0.2) is 0 Å². The summed E-state index contributed by atoms with van der Waals surface area (Å²) in [7, 11) is 0. The van der Waals surface area contributed by atoms with Crippen molar-refractivity contribution >= 4 is 5.91 Å². The molecule has 0 aromatic rings. The van der Waals surface area contributed by atoms with Crippen LogP contribution < -0.4 is 5.73 Å². The third kappa shape index (κ3) is 3.21. The van der Waals surface area contributed by atoms with E-state index in [0.717, 1.165) is 25.9 Å². The van der Waals surface area contributed by atoms with Crippen molar-refractivity contribution in [2.75, 3.05) is 13.1 Å². The molecule has 0 aromatic heterocycles. The molecule has 3 heteroatoms. The highest BCUT2D eigenvalue weighted by molar-refractivity contribution is 5.77. The Morgan fingerprint density at radius 2 is 1.94 bits per heavy atom. The zero-order valence-corrected chi connectivity index (χ0v) is 11.0. The lowest BCUT2D eigenvalue weighted by molar-refractivity contribution is -0.133. The Morgan fingerprint density at radius 3 is 2.53 bits per heavy atom. The number of rotatable bonds is 3. The van der Waals surface area contributed by atoms with Gasteiger partial charge in [0, 0.05) is 19.0 Å². The first-order valence-electron chi connectivity index (χ1n) is 7.20. The van der Waals surface area contributed by atoms with E-state index < -0.39 is 0 Å². The average Bonchev–Trinajstić information content (AvgIpc) is 2.72. The molecular weight excluding hydrogens is 212 g/mol. The highest BCUT2D eigenvalue weighted by Gasteiger charge is 2.32. The third-order valence-electron chi connectivity index (χ3n) is 4.50. The van der Waals surface area contributed by atoms with E-state index in [1.807, 2.05) is 0 Å². The van der Waals surface area contributed by atoms with Crippen LogP contribution in [0.1, 0.15) is 51.9 Å². The number of carbonyl (C=O) groups is 1. The molecule has 1 aliphatic carbocycles. The molecule has 98 valence electrons. The van der Waals surface area contributed by atoms with Crippen LogP contribution >= 0.6 is 0 Å². The van der Waals surface area contributed by atoms with E-state index in [4.69, 9.17) is 5.73 Å². The Balaban J connectivity index is 1.82. The Hall–Kier alpha value is -0.570. The number of hydrogen-bond acceptors (Lipinski definition) is 2. The maximum Gasteiger partial charge on any atom is 0.223 e. The molecule has 2 atom stereocenters. The van der Waals surface area contributed by atoms with Crippen LogP contribution in [0.4, 0.5) is 0 Å². The van der Waals surface area contributed by atoms with Crippen molar-refractivity contribution in [3.63, 3.8) is 0 Å². The molecule has 3 nitrogen and oxygen atoms in total. The molecule has 1 heterocycles. The monoisotopic (exact) mass is 238 g/mol. The predicted molar refractivity (Wildman–Crippen MR) is 69.5 cm³/mol. The molecular formula is C14H26N2O. The highest BCUT2D eigenvalue weighted by atomic mass is 16.2.